The first-order chi connectivity index (χ1) is 11.6. The van der Waals surface area contributed by atoms with Crippen LogP contribution >= 0.6 is 11.3 Å². The molecule has 0 aromatic carbocycles. The smallest absolute Gasteiger partial charge is 0.227 e. The van der Waals surface area contributed by atoms with Gasteiger partial charge in [-0.1, -0.05) is 6.92 Å². The number of nitrogens with zero attached hydrogens (tertiary/aromatic N) is 3. The first kappa shape index (κ1) is 17.6. The van der Waals surface area contributed by atoms with Crippen molar-refractivity contribution in [3.63, 3.8) is 0 Å². The van der Waals surface area contributed by atoms with E-state index in [1.807, 2.05) is 5.38 Å². The molecule has 2 saturated heterocycles. The highest BCUT2D eigenvalue weighted by molar-refractivity contribution is 7.13. The van der Waals surface area contributed by atoms with Crippen LogP contribution < -0.4 is 10.2 Å². The molecule has 2 aliphatic rings. The van der Waals surface area contributed by atoms with Crippen molar-refractivity contribution in [1.82, 2.24) is 15.2 Å². The van der Waals surface area contributed by atoms with E-state index >= 15 is 0 Å². The topological polar surface area (TPSA) is 57.7 Å². The molecule has 1 atom stereocenters. The fourth-order valence-electron chi connectivity index (χ4n) is 3.46. The molecule has 0 saturated carbocycles. The first-order valence-electron chi connectivity index (χ1n) is 8.88. The Morgan fingerprint density at radius 1 is 1.42 bits per heavy atom. The van der Waals surface area contributed by atoms with Gasteiger partial charge in [-0.3, -0.25) is 4.79 Å². The Kier molecular flexibility index (Phi) is 5.73. The van der Waals surface area contributed by atoms with Gasteiger partial charge in [0.2, 0.25) is 5.91 Å². The van der Waals surface area contributed by atoms with E-state index in [1.54, 1.807) is 11.3 Å². The molecular weight excluding hydrogens is 324 g/mol. The lowest BCUT2D eigenvalue weighted by Gasteiger charge is -2.38. The zero-order valence-electron chi connectivity index (χ0n) is 14.7. The Bertz CT molecular complexity index is 559. The number of hydrogen-bond acceptors (Lipinski definition) is 6. The molecule has 3 rings (SSSR count). The van der Waals surface area contributed by atoms with E-state index in [-0.39, 0.29) is 11.3 Å². The van der Waals surface area contributed by atoms with Crippen LogP contribution in [-0.2, 0) is 16.1 Å². The predicted molar refractivity (Wildman–Crippen MR) is 96.4 cm³/mol. The molecule has 0 radical (unpaired) electrons. The SMILES string of the molecule is CCN1CCC[C@@](C)(C(=O)NCc2csc(N3CCOCC3)n2)C1. The third-order valence-corrected chi connectivity index (χ3v) is 5.97. The molecule has 0 bridgehead atoms. The molecule has 6 nitrogen and oxygen atoms in total. The largest absolute Gasteiger partial charge is 0.378 e. The minimum atomic E-state index is -0.280. The van der Waals surface area contributed by atoms with Crippen molar-refractivity contribution in [2.75, 3.05) is 50.8 Å². The summed E-state index contributed by atoms with van der Waals surface area (Å²) in [5.74, 6) is 0.154. The standard InChI is InChI=1S/C17H28N4O2S/c1-3-20-6-4-5-17(2,13-20)15(22)18-11-14-12-24-16(19-14)21-7-9-23-10-8-21/h12H,3-11,13H2,1-2H3,(H,18,22)/t17-/m1/s1. The third kappa shape index (κ3) is 4.07. The minimum Gasteiger partial charge on any atom is -0.378 e. The number of hydrogen-bond donors (Lipinski definition) is 1. The first-order valence-corrected chi connectivity index (χ1v) is 9.76. The number of amides is 1. The third-order valence-electron chi connectivity index (χ3n) is 5.02. The molecule has 134 valence electrons. The van der Waals surface area contributed by atoms with Crippen LogP contribution in [0, 0.1) is 5.41 Å². The second-order valence-electron chi connectivity index (χ2n) is 6.94. The number of morpholine rings is 1. The molecule has 3 heterocycles. The number of nitrogens with one attached hydrogen (secondary N) is 1. The summed E-state index contributed by atoms with van der Waals surface area (Å²) in [4.78, 5) is 22.0. The number of carbonyl (C=O) groups is 1. The van der Waals surface area contributed by atoms with Gasteiger partial charge in [0, 0.05) is 25.0 Å². The van der Waals surface area contributed by atoms with E-state index in [0.717, 1.165) is 69.6 Å². The van der Waals surface area contributed by atoms with Crippen molar-refractivity contribution < 1.29 is 9.53 Å². The lowest BCUT2D eigenvalue weighted by molar-refractivity contribution is -0.133. The van der Waals surface area contributed by atoms with Gasteiger partial charge in [0.05, 0.1) is 30.9 Å². The number of anilines is 1. The zero-order valence-corrected chi connectivity index (χ0v) is 15.5. The van der Waals surface area contributed by atoms with Crippen LogP contribution in [0.2, 0.25) is 0 Å². The van der Waals surface area contributed by atoms with E-state index in [1.165, 1.54) is 0 Å². The van der Waals surface area contributed by atoms with Crippen molar-refractivity contribution in [3.05, 3.63) is 11.1 Å². The fourth-order valence-corrected chi connectivity index (χ4v) is 4.34. The van der Waals surface area contributed by atoms with E-state index in [0.29, 0.717) is 6.54 Å². The molecule has 1 amide bonds. The highest BCUT2D eigenvalue weighted by atomic mass is 32.1. The molecule has 2 fully saturated rings. The number of carbonyl (C=O) groups excluding carboxylic acids is 1. The van der Waals surface area contributed by atoms with Crippen LogP contribution in [-0.4, -0.2) is 61.7 Å². The summed E-state index contributed by atoms with van der Waals surface area (Å²) in [6.07, 6.45) is 2.06. The van der Waals surface area contributed by atoms with Crippen molar-refractivity contribution >= 4 is 22.4 Å². The van der Waals surface area contributed by atoms with E-state index in [4.69, 9.17) is 4.74 Å². The van der Waals surface area contributed by atoms with Gasteiger partial charge in [0.1, 0.15) is 0 Å². The zero-order chi connectivity index (χ0) is 17.0. The normalized spacial score (nSPS) is 25.7. The molecule has 7 heteroatoms. The van der Waals surface area contributed by atoms with Gasteiger partial charge in [-0.15, -0.1) is 11.3 Å². The van der Waals surface area contributed by atoms with Crippen LogP contribution in [0.25, 0.3) is 0 Å². The number of rotatable bonds is 5. The summed E-state index contributed by atoms with van der Waals surface area (Å²) in [7, 11) is 0. The van der Waals surface area contributed by atoms with Gasteiger partial charge >= 0.3 is 0 Å². The number of aromatic nitrogens is 1. The van der Waals surface area contributed by atoms with E-state index < -0.39 is 0 Å². The highest BCUT2D eigenvalue weighted by Crippen LogP contribution is 2.29. The number of ether oxygens (including phenoxy) is 1. The lowest BCUT2D eigenvalue weighted by Crippen LogP contribution is -2.50. The molecule has 2 aliphatic heterocycles. The maximum Gasteiger partial charge on any atom is 0.227 e. The Morgan fingerprint density at radius 3 is 2.96 bits per heavy atom. The van der Waals surface area contributed by atoms with Gasteiger partial charge in [0.25, 0.3) is 0 Å². The number of thiazole rings is 1. The summed E-state index contributed by atoms with van der Waals surface area (Å²) in [6, 6.07) is 0. The monoisotopic (exact) mass is 352 g/mol. The van der Waals surface area contributed by atoms with E-state index in [2.05, 4.69) is 33.9 Å². The molecule has 0 unspecified atom stereocenters. The van der Waals surface area contributed by atoms with Crippen LogP contribution in [0.1, 0.15) is 32.4 Å². The quantitative estimate of drug-likeness (QED) is 0.874. The van der Waals surface area contributed by atoms with Gasteiger partial charge in [-0.25, -0.2) is 4.98 Å². The van der Waals surface area contributed by atoms with Crippen LogP contribution in [0.5, 0.6) is 0 Å². The summed E-state index contributed by atoms with van der Waals surface area (Å²) in [5, 5.41) is 6.18. The van der Waals surface area contributed by atoms with Gasteiger partial charge in [-0.05, 0) is 32.9 Å². The average molecular weight is 353 g/mol. The van der Waals surface area contributed by atoms with Gasteiger partial charge in [0.15, 0.2) is 5.13 Å². The second-order valence-corrected chi connectivity index (χ2v) is 7.77. The predicted octanol–water partition coefficient (Wildman–Crippen LogP) is 1.72. The second kappa shape index (κ2) is 7.80. The van der Waals surface area contributed by atoms with Crippen molar-refractivity contribution in [2.45, 2.75) is 33.2 Å². The summed E-state index contributed by atoms with van der Waals surface area (Å²) < 4.78 is 5.38. The molecule has 0 spiro atoms. The summed E-state index contributed by atoms with van der Waals surface area (Å²) in [6.45, 7) is 11.0. The Morgan fingerprint density at radius 2 is 2.21 bits per heavy atom. The van der Waals surface area contributed by atoms with Crippen LogP contribution in [0.15, 0.2) is 5.38 Å². The fraction of sp³-hybridized carbons (Fsp3) is 0.765. The number of piperidine rings is 1. The summed E-state index contributed by atoms with van der Waals surface area (Å²) in [5.41, 5.74) is 0.665. The molecule has 24 heavy (non-hydrogen) atoms. The molecule has 1 aromatic heterocycles. The summed E-state index contributed by atoms with van der Waals surface area (Å²) >= 11 is 1.65. The van der Waals surface area contributed by atoms with Crippen molar-refractivity contribution in [2.24, 2.45) is 5.41 Å². The van der Waals surface area contributed by atoms with Crippen molar-refractivity contribution in [1.29, 1.82) is 0 Å². The van der Waals surface area contributed by atoms with E-state index in [9.17, 15) is 4.79 Å². The Labute approximate surface area is 148 Å². The van der Waals surface area contributed by atoms with Crippen LogP contribution in [0.4, 0.5) is 5.13 Å². The molecule has 0 aliphatic carbocycles. The van der Waals surface area contributed by atoms with Crippen LogP contribution in [0.3, 0.4) is 0 Å². The lowest BCUT2D eigenvalue weighted by atomic mass is 9.81. The molecule has 1 aromatic rings. The Hall–Kier alpha value is -1.18. The Balaban J connectivity index is 1.53. The van der Waals surface area contributed by atoms with Gasteiger partial charge in [-0.2, -0.15) is 0 Å². The van der Waals surface area contributed by atoms with Crippen molar-refractivity contribution in [3.8, 4) is 0 Å². The molecule has 1 N–H and O–H groups in total. The minimum absolute atomic E-state index is 0.154. The maximum absolute atomic E-state index is 12.7. The molecular formula is C17H28N4O2S. The average Bonchev–Trinajstić information content (AvgIpc) is 3.09. The number of likely N-dealkylation sites (tertiary alicyclic amines) is 1. The van der Waals surface area contributed by atoms with Gasteiger partial charge < -0.3 is 19.9 Å². The highest BCUT2D eigenvalue weighted by Gasteiger charge is 2.37. The maximum atomic E-state index is 12.7.